The van der Waals surface area contributed by atoms with Crippen LogP contribution in [0.1, 0.15) is 46.1 Å². The minimum Gasteiger partial charge on any atom is -0.476 e. The van der Waals surface area contributed by atoms with E-state index in [4.69, 9.17) is 10.2 Å². The Labute approximate surface area is 242 Å². The molecule has 1 aliphatic carbocycles. The third-order valence-electron chi connectivity index (χ3n) is 6.95. The van der Waals surface area contributed by atoms with E-state index in [1.165, 1.54) is 41.8 Å². The van der Waals surface area contributed by atoms with E-state index < -0.39 is 38.7 Å². The van der Waals surface area contributed by atoms with Crippen molar-refractivity contribution in [1.29, 1.82) is 0 Å². The normalized spacial score (nSPS) is 14.6. The molecule has 1 saturated carbocycles. The fourth-order valence-corrected chi connectivity index (χ4v) is 6.26. The molecule has 1 fully saturated rings. The first kappa shape index (κ1) is 28.0. The van der Waals surface area contributed by atoms with Crippen molar-refractivity contribution in [3.8, 4) is 27.5 Å². The SMILES string of the molecule is N[S+](=O)(O)c1ccc(Cc2c(-c3ccc(F)c(-c4cccc(F)c4)c3)nn(-c3nc(C(=O)O)cs3)c2C2CC2)cc1F. The molecule has 3 aromatic carbocycles. The summed E-state index contributed by atoms with van der Waals surface area (Å²) in [5, 5.41) is 21.2. The quantitative estimate of drug-likeness (QED) is 0.173. The van der Waals surface area contributed by atoms with Crippen LogP contribution >= 0.6 is 11.3 Å². The van der Waals surface area contributed by atoms with Crippen LogP contribution < -0.4 is 5.14 Å². The van der Waals surface area contributed by atoms with E-state index in [1.807, 2.05) is 0 Å². The predicted octanol–water partition coefficient (Wildman–Crippen LogP) is 6.45. The molecule has 42 heavy (non-hydrogen) atoms. The lowest BCUT2D eigenvalue weighted by molar-refractivity contribution is 0.0691. The first-order valence-corrected chi connectivity index (χ1v) is 15.1. The Hall–Kier alpha value is -4.17. The maximum atomic E-state index is 15.0. The first-order valence-electron chi connectivity index (χ1n) is 12.7. The van der Waals surface area contributed by atoms with Crippen molar-refractivity contribution in [3.05, 3.63) is 106 Å². The first-order chi connectivity index (χ1) is 20.0. The fraction of sp³-hybridized carbons (Fsp3) is 0.138. The molecule has 2 heterocycles. The number of benzene rings is 3. The summed E-state index contributed by atoms with van der Waals surface area (Å²) in [4.78, 5) is 15.2. The second-order valence-electron chi connectivity index (χ2n) is 9.93. The highest BCUT2D eigenvalue weighted by molar-refractivity contribution is 7.95. The lowest BCUT2D eigenvalue weighted by Gasteiger charge is -2.10. The molecule has 214 valence electrons. The standard InChI is InChI=1S/C29H21F3N4O4S2/c30-19-3-1-2-17(12-19)20-13-18(7-8-22(20)31)26-21(10-15-4-9-25(23(32)11-15)42(33,39)40)27(16-5-6-16)36(35-26)29-34-24(14-41-29)28(37)38/h1-4,7-9,11-14,16H,5-6,10H2,(H3-,33,37,38,39,40)/p+1. The predicted molar refractivity (Wildman–Crippen MR) is 151 cm³/mol. The lowest BCUT2D eigenvalue weighted by atomic mass is 9.95. The molecule has 5 aromatic rings. The number of nitrogens with two attached hydrogens (primary N) is 1. The van der Waals surface area contributed by atoms with Crippen LogP contribution in [0.4, 0.5) is 13.2 Å². The maximum Gasteiger partial charge on any atom is 0.355 e. The Morgan fingerprint density at radius 3 is 2.48 bits per heavy atom. The Kier molecular flexibility index (Phi) is 7.05. The van der Waals surface area contributed by atoms with E-state index in [-0.39, 0.29) is 23.6 Å². The second-order valence-corrected chi connectivity index (χ2v) is 12.3. The average molecular weight is 612 g/mol. The molecule has 13 heteroatoms. The fourth-order valence-electron chi connectivity index (χ4n) is 4.90. The van der Waals surface area contributed by atoms with Crippen molar-refractivity contribution in [2.45, 2.75) is 30.1 Å². The van der Waals surface area contributed by atoms with Gasteiger partial charge in [0.1, 0.15) is 11.6 Å². The number of hydrogen-bond acceptors (Lipinski definition) is 5. The molecular formula is C29H22F3N4O4S2+. The average Bonchev–Trinajstić information content (AvgIpc) is 3.51. The van der Waals surface area contributed by atoms with Gasteiger partial charge in [-0.25, -0.2) is 27.6 Å². The zero-order valence-corrected chi connectivity index (χ0v) is 23.3. The van der Waals surface area contributed by atoms with Gasteiger partial charge in [-0.1, -0.05) is 18.2 Å². The van der Waals surface area contributed by atoms with Crippen molar-refractivity contribution in [3.63, 3.8) is 0 Å². The van der Waals surface area contributed by atoms with Gasteiger partial charge < -0.3 is 5.11 Å². The molecule has 0 radical (unpaired) electrons. The van der Waals surface area contributed by atoms with E-state index >= 15 is 0 Å². The number of rotatable bonds is 8. The van der Waals surface area contributed by atoms with E-state index in [9.17, 15) is 31.8 Å². The number of thiazole rings is 1. The molecule has 0 spiro atoms. The summed E-state index contributed by atoms with van der Waals surface area (Å²) < 4.78 is 66.9. The third kappa shape index (κ3) is 5.39. The van der Waals surface area contributed by atoms with Crippen LogP contribution in [0.15, 0.2) is 70.9 Å². The molecule has 0 aliphatic heterocycles. The van der Waals surface area contributed by atoms with Gasteiger partial charge in [0.15, 0.2) is 11.5 Å². The van der Waals surface area contributed by atoms with Gasteiger partial charge >= 0.3 is 16.4 Å². The summed E-state index contributed by atoms with van der Waals surface area (Å²) in [7, 11) is -4.02. The number of hydrogen-bond donors (Lipinski definition) is 3. The van der Waals surface area contributed by atoms with Crippen LogP contribution in [-0.4, -0.2) is 30.4 Å². The van der Waals surface area contributed by atoms with Gasteiger partial charge in [0.05, 0.1) is 11.4 Å². The number of halogens is 3. The number of carbonyl (C=O) groups is 1. The minimum atomic E-state index is -4.02. The van der Waals surface area contributed by atoms with Crippen LogP contribution in [0, 0.1) is 17.5 Å². The van der Waals surface area contributed by atoms with Gasteiger partial charge in [-0.3, -0.25) is 0 Å². The van der Waals surface area contributed by atoms with Crippen LogP contribution in [-0.2, 0) is 21.0 Å². The number of aromatic carboxylic acids is 1. The molecule has 0 amide bonds. The maximum absolute atomic E-state index is 15.0. The zero-order chi connectivity index (χ0) is 29.8. The summed E-state index contributed by atoms with van der Waals surface area (Å²) in [6, 6.07) is 13.7. The van der Waals surface area contributed by atoms with Gasteiger partial charge in [-0.05, 0) is 64.6 Å². The number of nitrogens with zero attached hydrogens (tertiary/aromatic N) is 3. The molecule has 0 bridgehead atoms. The summed E-state index contributed by atoms with van der Waals surface area (Å²) in [6.07, 6.45) is 1.81. The van der Waals surface area contributed by atoms with Gasteiger partial charge in [0, 0.05) is 40.5 Å². The van der Waals surface area contributed by atoms with Crippen molar-refractivity contribution >= 4 is 27.7 Å². The molecule has 1 aliphatic rings. The van der Waals surface area contributed by atoms with Crippen LogP contribution in [0.5, 0.6) is 0 Å². The van der Waals surface area contributed by atoms with E-state index in [0.717, 1.165) is 42.0 Å². The van der Waals surface area contributed by atoms with Crippen LogP contribution in [0.3, 0.4) is 0 Å². The van der Waals surface area contributed by atoms with E-state index in [1.54, 1.807) is 16.8 Å². The summed E-state index contributed by atoms with van der Waals surface area (Å²) in [5.41, 5.74) is 3.15. The van der Waals surface area contributed by atoms with Crippen LogP contribution in [0.2, 0.25) is 0 Å². The molecule has 2 aromatic heterocycles. The largest absolute Gasteiger partial charge is 0.476 e. The highest BCUT2D eigenvalue weighted by atomic mass is 32.3. The monoisotopic (exact) mass is 611 g/mol. The second kappa shape index (κ2) is 10.6. The molecule has 0 saturated heterocycles. The smallest absolute Gasteiger partial charge is 0.355 e. The Morgan fingerprint density at radius 2 is 1.83 bits per heavy atom. The summed E-state index contributed by atoms with van der Waals surface area (Å²) in [5.74, 6) is -3.15. The van der Waals surface area contributed by atoms with Crippen molar-refractivity contribution in [2.24, 2.45) is 5.14 Å². The molecule has 6 rings (SSSR count). The molecule has 4 N–H and O–H groups in total. The van der Waals surface area contributed by atoms with Crippen molar-refractivity contribution < 1.29 is 31.8 Å². The highest BCUT2D eigenvalue weighted by Gasteiger charge is 2.35. The van der Waals surface area contributed by atoms with E-state index in [2.05, 4.69) is 4.98 Å². The van der Waals surface area contributed by atoms with Crippen LogP contribution in [0.25, 0.3) is 27.5 Å². The summed E-state index contributed by atoms with van der Waals surface area (Å²) >= 11 is 1.10. The Morgan fingerprint density at radius 1 is 1.05 bits per heavy atom. The van der Waals surface area contributed by atoms with Gasteiger partial charge in [-0.15, -0.1) is 16.5 Å². The number of carboxylic acid groups (broad SMARTS) is 1. The molecular weight excluding hydrogens is 589 g/mol. The number of aromatic nitrogens is 3. The Bertz CT molecular complexity index is 1910. The molecule has 1 atom stereocenters. The van der Waals surface area contributed by atoms with Gasteiger partial charge in [0.25, 0.3) is 0 Å². The topological polar surface area (TPSA) is 131 Å². The minimum absolute atomic E-state index is 0.0610. The third-order valence-corrected chi connectivity index (χ3v) is 8.72. The molecule has 1 unspecified atom stereocenters. The Balaban J connectivity index is 1.54. The van der Waals surface area contributed by atoms with Gasteiger partial charge in [0.2, 0.25) is 10.0 Å². The van der Waals surface area contributed by atoms with Gasteiger partial charge in [-0.2, -0.15) is 9.65 Å². The van der Waals surface area contributed by atoms with Crippen molar-refractivity contribution in [2.75, 3.05) is 0 Å². The molecule has 8 nitrogen and oxygen atoms in total. The number of carboxylic acids is 1. The van der Waals surface area contributed by atoms with E-state index in [0.29, 0.717) is 33.1 Å². The van der Waals surface area contributed by atoms with Crippen molar-refractivity contribution in [1.82, 2.24) is 14.8 Å². The lowest BCUT2D eigenvalue weighted by Crippen LogP contribution is -2.22. The highest BCUT2D eigenvalue weighted by Crippen LogP contribution is 2.46. The zero-order valence-electron chi connectivity index (χ0n) is 21.6. The summed E-state index contributed by atoms with van der Waals surface area (Å²) in [6.45, 7) is 0.